The number of carbonyl (C=O) groups excluding carboxylic acids is 2. The topological polar surface area (TPSA) is 66.4 Å². The van der Waals surface area contributed by atoms with Gasteiger partial charge in [-0.1, -0.05) is 0 Å². The van der Waals surface area contributed by atoms with Gasteiger partial charge >= 0.3 is 0 Å². The second-order valence-corrected chi connectivity index (χ2v) is 3.93. The van der Waals surface area contributed by atoms with Gasteiger partial charge in [0, 0.05) is 18.0 Å². The quantitative estimate of drug-likeness (QED) is 0.715. The fourth-order valence-corrected chi connectivity index (χ4v) is 1.66. The Morgan fingerprint density at radius 3 is 2.35 bits per heavy atom. The second-order valence-electron chi connectivity index (χ2n) is 3.93. The predicted octanol–water partition coefficient (Wildman–Crippen LogP) is 1.02. The highest BCUT2D eigenvalue weighted by molar-refractivity contribution is 5.99. The van der Waals surface area contributed by atoms with Crippen LogP contribution >= 0.6 is 0 Å². The molecule has 4 nitrogen and oxygen atoms in total. The van der Waals surface area contributed by atoms with E-state index < -0.39 is 5.97 Å². The molecule has 92 valence electrons. The molecule has 0 atom stereocenters. The molecule has 0 spiro atoms. The van der Waals surface area contributed by atoms with E-state index >= 15 is 0 Å². The van der Waals surface area contributed by atoms with Crippen molar-refractivity contribution in [2.24, 2.45) is 0 Å². The number of rotatable bonds is 5. The third-order valence-electron chi connectivity index (χ3n) is 2.60. The summed E-state index contributed by atoms with van der Waals surface area (Å²) in [5.41, 5.74) is 2.19. The molecule has 0 N–H and O–H groups in total. The van der Waals surface area contributed by atoms with Gasteiger partial charge in [-0.05, 0) is 43.5 Å². The molecule has 0 aromatic heterocycles. The minimum Gasteiger partial charge on any atom is -0.550 e. The number of carboxylic acid groups (broad SMARTS) is 1. The SMILES string of the molecule is COc1cc(C)c(C(=O)CCC(=O)[O-])cc1C. The van der Waals surface area contributed by atoms with Crippen LogP contribution in [0.2, 0.25) is 0 Å². The highest BCUT2D eigenvalue weighted by atomic mass is 16.5. The molecule has 0 aliphatic rings. The maximum absolute atomic E-state index is 11.8. The minimum atomic E-state index is -1.21. The van der Waals surface area contributed by atoms with E-state index in [0.717, 1.165) is 16.9 Å². The number of aliphatic carboxylic acids is 1. The highest BCUT2D eigenvalue weighted by Crippen LogP contribution is 2.23. The van der Waals surface area contributed by atoms with Crippen LogP contribution in [0.4, 0.5) is 0 Å². The zero-order valence-electron chi connectivity index (χ0n) is 10.2. The van der Waals surface area contributed by atoms with Crippen LogP contribution in [0.5, 0.6) is 5.75 Å². The lowest BCUT2D eigenvalue weighted by atomic mass is 9.98. The molecule has 0 bridgehead atoms. The molecule has 0 amide bonds. The van der Waals surface area contributed by atoms with Gasteiger partial charge in [0.25, 0.3) is 0 Å². The molecular weight excluding hydrogens is 220 g/mol. The lowest BCUT2D eigenvalue weighted by molar-refractivity contribution is -0.305. The van der Waals surface area contributed by atoms with Gasteiger partial charge in [-0.3, -0.25) is 4.79 Å². The smallest absolute Gasteiger partial charge is 0.163 e. The number of aryl methyl sites for hydroxylation is 2. The van der Waals surface area contributed by atoms with Crippen LogP contribution in [0.25, 0.3) is 0 Å². The van der Waals surface area contributed by atoms with Crippen molar-refractivity contribution >= 4 is 11.8 Å². The van der Waals surface area contributed by atoms with Crippen LogP contribution in [0, 0.1) is 13.8 Å². The van der Waals surface area contributed by atoms with E-state index in [1.807, 2.05) is 6.92 Å². The molecule has 0 radical (unpaired) electrons. The monoisotopic (exact) mass is 235 g/mol. The summed E-state index contributed by atoms with van der Waals surface area (Å²) >= 11 is 0. The standard InChI is InChI=1S/C13H16O4/c1-8-7-12(17-3)9(2)6-10(8)11(14)4-5-13(15)16/h6-7H,4-5H2,1-3H3,(H,15,16)/p-1. The van der Waals surface area contributed by atoms with Crippen molar-refractivity contribution < 1.29 is 19.4 Å². The van der Waals surface area contributed by atoms with Crippen molar-refractivity contribution in [3.05, 3.63) is 28.8 Å². The Hall–Kier alpha value is -1.84. The predicted molar refractivity (Wildman–Crippen MR) is 61.0 cm³/mol. The van der Waals surface area contributed by atoms with Gasteiger partial charge in [-0.15, -0.1) is 0 Å². The lowest BCUT2D eigenvalue weighted by Crippen LogP contribution is -2.22. The van der Waals surface area contributed by atoms with Crippen molar-refractivity contribution in [3.63, 3.8) is 0 Å². The number of ether oxygens (including phenoxy) is 1. The Balaban J connectivity index is 2.94. The summed E-state index contributed by atoms with van der Waals surface area (Å²) in [6, 6.07) is 3.51. The highest BCUT2D eigenvalue weighted by Gasteiger charge is 2.11. The van der Waals surface area contributed by atoms with E-state index in [9.17, 15) is 14.7 Å². The number of ketones is 1. The molecule has 1 aromatic carbocycles. The first-order valence-corrected chi connectivity index (χ1v) is 5.34. The molecular formula is C13H15O4-. The van der Waals surface area contributed by atoms with Gasteiger partial charge in [-0.2, -0.15) is 0 Å². The van der Waals surface area contributed by atoms with Gasteiger partial charge in [-0.25, -0.2) is 0 Å². The average molecular weight is 235 g/mol. The summed E-state index contributed by atoms with van der Waals surface area (Å²) in [5, 5.41) is 10.3. The normalized spacial score (nSPS) is 10.1. The Kier molecular flexibility index (Phi) is 4.26. The Labute approximate surface area is 100 Å². The first-order valence-electron chi connectivity index (χ1n) is 5.34. The Morgan fingerprint density at radius 2 is 1.82 bits per heavy atom. The average Bonchev–Trinajstić information content (AvgIpc) is 2.28. The molecule has 0 fully saturated rings. The maximum Gasteiger partial charge on any atom is 0.163 e. The van der Waals surface area contributed by atoms with Crippen molar-refractivity contribution in [1.82, 2.24) is 0 Å². The molecule has 0 unspecified atom stereocenters. The number of hydrogen-bond acceptors (Lipinski definition) is 4. The van der Waals surface area contributed by atoms with Crippen LogP contribution in [-0.2, 0) is 4.79 Å². The number of hydrogen-bond donors (Lipinski definition) is 0. The third-order valence-corrected chi connectivity index (χ3v) is 2.60. The van der Waals surface area contributed by atoms with Crippen LogP contribution in [0.3, 0.4) is 0 Å². The Morgan fingerprint density at radius 1 is 1.18 bits per heavy atom. The lowest BCUT2D eigenvalue weighted by Gasteiger charge is -2.10. The summed E-state index contributed by atoms with van der Waals surface area (Å²) in [6.07, 6.45) is -0.279. The zero-order valence-corrected chi connectivity index (χ0v) is 10.2. The minimum absolute atomic E-state index is 0.0328. The van der Waals surface area contributed by atoms with Crippen LogP contribution in [0.15, 0.2) is 12.1 Å². The molecule has 0 saturated carbocycles. The van der Waals surface area contributed by atoms with Gasteiger partial charge in [0.2, 0.25) is 0 Å². The van der Waals surface area contributed by atoms with E-state index in [2.05, 4.69) is 0 Å². The van der Waals surface area contributed by atoms with Crippen LogP contribution in [0.1, 0.15) is 34.3 Å². The number of methoxy groups -OCH3 is 1. The largest absolute Gasteiger partial charge is 0.550 e. The number of carbonyl (C=O) groups is 2. The first-order chi connectivity index (χ1) is 7.95. The summed E-state index contributed by atoms with van der Waals surface area (Å²) in [7, 11) is 1.57. The van der Waals surface area contributed by atoms with Gasteiger partial charge in [0.1, 0.15) is 5.75 Å². The van der Waals surface area contributed by atoms with Crippen LogP contribution < -0.4 is 9.84 Å². The van der Waals surface area contributed by atoms with Crippen molar-refractivity contribution in [1.29, 1.82) is 0 Å². The van der Waals surface area contributed by atoms with Crippen molar-refractivity contribution in [3.8, 4) is 5.75 Å². The summed E-state index contributed by atoms with van der Waals surface area (Å²) < 4.78 is 5.14. The number of benzene rings is 1. The molecule has 4 heteroatoms. The first kappa shape index (κ1) is 13.2. The van der Waals surface area contributed by atoms with Crippen molar-refractivity contribution in [2.45, 2.75) is 26.7 Å². The van der Waals surface area contributed by atoms with Gasteiger partial charge in [0.05, 0.1) is 7.11 Å². The summed E-state index contributed by atoms with van der Waals surface area (Å²) in [6.45, 7) is 3.64. The Bertz CT molecular complexity index is 449. The van der Waals surface area contributed by atoms with E-state index in [0.29, 0.717) is 5.56 Å². The molecule has 1 rings (SSSR count). The van der Waals surface area contributed by atoms with E-state index in [4.69, 9.17) is 4.74 Å². The third kappa shape index (κ3) is 3.31. The van der Waals surface area contributed by atoms with Crippen molar-refractivity contribution in [2.75, 3.05) is 7.11 Å². The molecule has 1 aromatic rings. The summed E-state index contributed by atoms with van der Waals surface area (Å²) in [4.78, 5) is 22.1. The molecule has 0 aliphatic heterocycles. The van der Waals surface area contributed by atoms with E-state index in [-0.39, 0.29) is 18.6 Å². The zero-order chi connectivity index (χ0) is 13.0. The van der Waals surface area contributed by atoms with Crippen LogP contribution in [-0.4, -0.2) is 18.9 Å². The maximum atomic E-state index is 11.8. The number of carboxylic acids is 1. The molecule has 17 heavy (non-hydrogen) atoms. The van der Waals surface area contributed by atoms with Gasteiger partial charge in [0.15, 0.2) is 5.78 Å². The fourth-order valence-electron chi connectivity index (χ4n) is 1.66. The van der Waals surface area contributed by atoms with E-state index in [1.54, 1.807) is 26.2 Å². The fraction of sp³-hybridized carbons (Fsp3) is 0.385. The summed E-state index contributed by atoms with van der Waals surface area (Å²) in [5.74, 6) is -0.669. The van der Waals surface area contributed by atoms with Gasteiger partial charge < -0.3 is 14.6 Å². The molecule has 0 heterocycles. The number of Topliss-reactive ketones (excluding diaryl/α,β-unsaturated/α-hetero) is 1. The van der Waals surface area contributed by atoms with E-state index in [1.165, 1.54) is 0 Å². The molecule has 0 saturated heterocycles. The second kappa shape index (κ2) is 5.48. The molecule has 0 aliphatic carbocycles.